The highest BCUT2D eigenvalue weighted by Crippen LogP contribution is 2.13. The van der Waals surface area contributed by atoms with Crippen LogP contribution in [-0.4, -0.2) is 19.0 Å². The number of nitrogens with one attached hydrogen (secondary N) is 2. The Bertz CT molecular complexity index is 373. The lowest BCUT2D eigenvalue weighted by atomic mass is 10.1. The van der Waals surface area contributed by atoms with E-state index in [1.54, 1.807) is 7.05 Å². The Morgan fingerprint density at radius 1 is 1.16 bits per heavy atom. The summed E-state index contributed by atoms with van der Waals surface area (Å²) >= 11 is 0. The number of hydrogen-bond donors (Lipinski definition) is 2. The molecule has 0 radical (unpaired) electrons. The highest BCUT2D eigenvalue weighted by Gasteiger charge is 2.04. The Balaban J connectivity index is 2.38. The van der Waals surface area contributed by atoms with Gasteiger partial charge in [-0.3, -0.25) is 4.79 Å². The topological polar surface area (TPSA) is 41.1 Å². The standard InChI is InChI=1S/C16H26N2O/c1-4-5-6-7-8-13(2)18-15-11-9-14(10-12-15)16(19)17-3/h9-13,18H,4-8H2,1-3H3,(H,17,19). The molecule has 0 aliphatic rings. The first-order valence-electron chi connectivity index (χ1n) is 7.26. The summed E-state index contributed by atoms with van der Waals surface area (Å²) in [4.78, 5) is 11.4. The molecule has 1 unspecified atom stereocenters. The molecular formula is C16H26N2O. The van der Waals surface area contributed by atoms with Crippen LogP contribution in [0.2, 0.25) is 0 Å². The fourth-order valence-electron chi connectivity index (χ4n) is 2.10. The minimum atomic E-state index is -0.0424. The minimum Gasteiger partial charge on any atom is -0.383 e. The fraction of sp³-hybridized carbons (Fsp3) is 0.562. The van der Waals surface area contributed by atoms with Crippen molar-refractivity contribution in [2.24, 2.45) is 0 Å². The van der Waals surface area contributed by atoms with Gasteiger partial charge in [0.15, 0.2) is 0 Å². The molecule has 0 saturated carbocycles. The summed E-state index contributed by atoms with van der Waals surface area (Å²) in [5.74, 6) is -0.0424. The lowest BCUT2D eigenvalue weighted by molar-refractivity contribution is 0.0963. The quantitative estimate of drug-likeness (QED) is 0.699. The third-order valence-electron chi connectivity index (χ3n) is 3.28. The Kier molecular flexibility index (Phi) is 7.01. The zero-order valence-corrected chi connectivity index (χ0v) is 12.3. The van der Waals surface area contributed by atoms with Gasteiger partial charge in [-0.15, -0.1) is 0 Å². The predicted octanol–water partition coefficient (Wildman–Crippen LogP) is 3.82. The summed E-state index contributed by atoms with van der Waals surface area (Å²) in [5.41, 5.74) is 1.78. The number of anilines is 1. The van der Waals surface area contributed by atoms with Crippen LogP contribution >= 0.6 is 0 Å². The largest absolute Gasteiger partial charge is 0.383 e. The van der Waals surface area contributed by atoms with E-state index in [0.717, 1.165) is 5.69 Å². The first-order chi connectivity index (χ1) is 9.17. The third kappa shape index (κ3) is 5.77. The van der Waals surface area contributed by atoms with Crippen molar-refractivity contribution in [1.29, 1.82) is 0 Å². The van der Waals surface area contributed by atoms with Crippen molar-refractivity contribution < 1.29 is 4.79 Å². The summed E-state index contributed by atoms with van der Waals surface area (Å²) < 4.78 is 0. The maximum Gasteiger partial charge on any atom is 0.251 e. The lowest BCUT2D eigenvalue weighted by Gasteiger charge is -2.15. The van der Waals surface area contributed by atoms with E-state index >= 15 is 0 Å². The Hall–Kier alpha value is -1.51. The second kappa shape index (κ2) is 8.57. The number of carbonyl (C=O) groups is 1. The molecule has 0 heterocycles. The average molecular weight is 262 g/mol. The van der Waals surface area contributed by atoms with E-state index < -0.39 is 0 Å². The highest BCUT2D eigenvalue weighted by molar-refractivity contribution is 5.94. The van der Waals surface area contributed by atoms with Crippen molar-refractivity contribution in [2.45, 2.75) is 52.0 Å². The van der Waals surface area contributed by atoms with Gasteiger partial charge < -0.3 is 10.6 Å². The van der Waals surface area contributed by atoms with E-state index in [1.807, 2.05) is 24.3 Å². The van der Waals surface area contributed by atoms with Crippen LogP contribution in [0.5, 0.6) is 0 Å². The molecule has 3 nitrogen and oxygen atoms in total. The zero-order valence-electron chi connectivity index (χ0n) is 12.3. The molecule has 1 amide bonds. The van der Waals surface area contributed by atoms with Crippen molar-refractivity contribution in [2.75, 3.05) is 12.4 Å². The lowest BCUT2D eigenvalue weighted by Crippen LogP contribution is -2.18. The molecule has 19 heavy (non-hydrogen) atoms. The van der Waals surface area contributed by atoms with Gasteiger partial charge in [0.1, 0.15) is 0 Å². The van der Waals surface area contributed by atoms with Gasteiger partial charge in [0.2, 0.25) is 0 Å². The molecule has 3 heteroatoms. The van der Waals surface area contributed by atoms with Crippen LogP contribution in [0.25, 0.3) is 0 Å². The van der Waals surface area contributed by atoms with E-state index in [-0.39, 0.29) is 5.91 Å². The third-order valence-corrected chi connectivity index (χ3v) is 3.28. The van der Waals surface area contributed by atoms with Crippen LogP contribution in [0, 0.1) is 0 Å². The number of rotatable bonds is 8. The molecule has 0 spiro atoms. The van der Waals surface area contributed by atoms with Crippen molar-refractivity contribution >= 4 is 11.6 Å². The van der Waals surface area contributed by atoms with Gasteiger partial charge in [-0.2, -0.15) is 0 Å². The summed E-state index contributed by atoms with van der Waals surface area (Å²) in [6, 6.07) is 8.11. The number of hydrogen-bond acceptors (Lipinski definition) is 2. The molecular weight excluding hydrogens is 236 g/mol. The number of amides is 1. The van der Waals surface area contributed by atoms with Crippen molar-refractivity contribution in [1.82, 2.24) is 5.32 Å². The molecule has 1 rings (SSSR count). The molecule has 1 aromatic rings. The first-order valence-corrected chi connectivity index (χ1v) is 7.26. The van der Waals surface area contributed by atoms with Gasteiger partial charge in [0.25, 0.3) is 5.91 Å². The van der Waals surface area contributed by atoms with Crippen LogP contribution in [0.3, 0.4) is 0 Å². The minimum absolute atomic E-state index is 0.0424. The molecule has 0 aliphatic carbocycles. The van der Waals surface area contributed by atoms with E-state index in [0.29, 0.717) is 11.6 Å². The molecule has 1 aromatic carbocycles. The van der Waals surface area contributed by atoms with Crippen LogP contribution < -0.4 is 10.6 Å². The second-order valence-corrected chi connectivity index (χ2v) is 5.05. The summed E-state index contributed by atoms with van der Waals surface area (Å²) in [5, 5.41) is 6.09. The number of carbonyl (C=O) groups excluding carboxylic acids is 1. The van der Waals surface area contributed by atoms with Gasteiger partial charge >= 0.3 is 0 Å². The fourth-order valence-corrected chi connectivity index (χ4v) is 2.10. The monoisotopic (exact) mass is 262 g/mol. The Morgan fingerprint density at radius 3 is 2.42 bits per heavy atom. The van der Waals surface area contributed by atoms with E-state index in [9.17, 15) is 4.79 Å². The van der Waals surface area contributed by atoms with Crippen LogP contribution in [-0.2, 0) is 0 Å². The maximum atomic E-state index is 11.4. The van der Waals surface area contributed by atoms with E-state index in [2.05, 4.69) is 24.5 Å². The predicted molar refractivity (Wildman–Crippen MR) is 81.7 cm³/mol. The van der Waals surface area contributed by atoms with Gasteiger partial charge in [0, 0.05) is 24.3 Å². The smallest absolute Gasteiger partial charge is 0.251 e. The highest BCUT2D eigenvalue weighted by atomic mass is 16.1. The SMILES string of the molecule is CCCCCCC(C)Nc1ccc(C(=O)NC)cc1. The molecule has 0 fully saturated rings. The van der Waals surface area contributed by atoms with E-state index in [4.69, 9.17) is 0 Å². The normalized spacial score (nSPS) is 11.9. The molecule has 1 atom stereocenters. The molecule has 0 bridgehead atoms. The second-order valence-electron chi connectivity index (χ2n) is 5.05. The van der Waals surface area contributed by atoms with E-state index in [1.165, 1.54) is 32.1 Å². The average Bonchev–Trinajstić information content (AvgIpc) is 2.43. The molecule has 0 aromatic heterocycles. The number of unbranched alkanes of at least 4 members (excludes halogenated alkanes) is 3. The van der Waals surface area contributed by atoms with Gasteiger partial charge in [-0.1, -0.05) is 32.6 Å². The molecule has 0 aliphatic heterocycles. The molecule has 106 valence electrons. The molecule has 2 N–H and O–H groups in total. The summed E-state index contributed by atoms with van der Waals surface area (Å²) in [6.07, 6.45) is 6.39. The van der Waals surface area contributed by atoms with Crippen LogP contribution in [0.15, 0.2) is 24.3 Å². The zero-order chi connectivity index (χ0) is 14.1. The number of benzene rings is 1. The Labute approximate surface area is 116 Å². The van der Waals surface area contributed by atoms with Gasteiger partial charge in [-0.25, -0.2) is 0 Å². The first kappa shape index (κ1) is 15.5. The summed E-state index contributed by atoms with van der Waals surface area (Å²) in [7, 11) is 1.65. The maximum absolute atomic E-state index is 11.4. The van der Waals surface area contributed by atoms with Crippen molar-refractivity contribution in [3.63, 3.8) is 0 Å². The van der Waals surface area contributed by atoms with Gasteiger partial charge in [0.05, 0.1) is 0 Å². The van der Waals surface area contributed by atoms with Crippen molar-refractivity contribution in [3.8, 4) is 0 Å². The van der Waals surface area contributed by atoms with Crippen LogP contribution in [0.1, 0.15) is 56.3 Å². The van der Waals surface area contributed by atoms with Crippen molar-refractivity contribution in [3.05, 3.63) is 29.8 Å². The van der Waals surface area contributed by atoms with Crippen LogP contribution in [0.4, 0.5) is 5.69 Å². The summed E-state index contributed by atoms with van der Waals surface area (Å²) in [6.45, 7) is 4.44. The molecule has 0 saturated heterocycles. The van der Waals surface area contributed by atoms with Gasteiger partial charge in [-0.05, 0) is 37.6 Å². The Morgan fingerprint density at radius 2 is 1.84 bits per heavy atom.